The Morgan fingerprint density at radius 3 is 2.32 bits per heavy atom. The van der Waals surface area contributed by atoms with E-state index in [4.69, 9.17) is 9.47 Å². The summed E-state index contributed by atoms with van der Waals surface area (Å²) < 4.78 is 50.6. The van der Waals surface area contributed by atoms with E-state index in [1.54, 1.807) is 12.1 Å². The maximum Gasteiger partial charge on any atom is 0.525 e. The number of hydrogen-bond donors (Lipinski definition) is 0. The molecule has 0 unspecified atom stereocenters. The van der Waals surface area contributed by atoms with Crippen molar-refractivity contribution in [3.8, 4) is 5.75 Å². The number of halogens is 3. The lowest BCUT2D eigenvalue weighted by molar-refractivity contribution is -0.341. The summed E-state index contributed by atoms with van der Waals surface area (Å²) >= 11 is 0. The maximum absolute atomic E-state index is 11.9. The van der Waals surface area contributed by atoms with E-state index in [0.29, 0.717) is 5.75 Å². The van der Waals surface area contributed by atoms with Crippen LogP contribution in [0, 0.1) is 0 Å². The first-order chi connectivity index (χ1) is 12.0. The summed E-state index contributed by atoms with van der Waals surface area (Å²) in [5.41, 5.74) is 2.00. The third kappa shape index (κ3) is 5.26. The van der Waals surface area contributed by atoms with Crippen LogP contribution in [0.4, 0.5) is 13.2 Å². The highest BCUT2D eigenvalue weighted by Crippen LogP contribution is 2.33. The van der Waals surface area contributed by atoms with Crippen molar-refractivity contribution in [2.24, 2.45) is 0 Å². The SMILES string of the molecule is FC(F)(F)OCOc1ccc(C2=CCCC=C2OC2CCCC2)cc1. The molecule has 2 aliphatic rings. The molecule has 3 nitrogen and oxygen atoms in total. The number of benzene rings is 1. The second-order valence-electron chi connectivity index (χ2n) is 6.16. The average molecular weight is 354 g/mol. The zero-order valence-electron chi connectivity index (χ0n) is 13.8. The molecular formula is C19H21F3O3. The second kappa shape index (κ2) is 7.95. The third-order valence-corrected chi connectivity index (χ3v) is 4.32. The van der Waals surface area contributed by atoms with E-state index in [2.05, 4.69) is 16.9 Å². The monoisotopic (exact) mass is 354 g/mol. The number of allylic oxidation sites excluding steroid dienone is 3. The molecule has 0 aliphatic heterocycles. The van der Waals surface area contributed by atoms with Gasteiger partial charge in [-0.05, 0) is 62.3 Å². The van der Waals surface area contributed by atoms with Gasteiger partial charge in [-0.2, -0.15) is 0 Å². The van der Waals surface area contributed by atoms with Crippen LogP contribution in [0.2, 0.25) is 0 Å². The molecule has 3 rings (SSSR count). The quantitative estimate of drug-likeness (QED) is 0.624. The molecule has 0 N–H and O–H groups in total. The van der Waals surface area contributed by atoms with Crippen molar-refractivity contribution in [2.75, 3.05) is 6.79 Å². The Morgan fingerprint density at radius 1 is 0.960 bits per heavy atom. The predicted molar refractivity (Wildman–Crippen MR) is 87.7 cm³/mol. The normalized spacial score (nSPS) is 18.7. The Hall–Kier alpha value is -1.95. The molecule has 0 atom stereocenters. The molecule has 136 valence electrons. The Balaban J connectivity index is 1.61. The number of ether oxygens (including phenoxy) is 3. The Morgan fingerprint density at radius 2 is 1.64 bits per heavy atom. The van der Waals surface area contributed by atoms with Crippen molar-refractivity contribution < 1.29 is 27.4 Å². The number of hydrogen-bond acceptors (Lipinski definition) is 3. The van der Waals surface area contributed by atoms with Crippen LogP contribution in [0.25, 0.3) is 5.57 Å². The van der Waals surface area contributed by atoms with Crippen molar-refractivity contribution in [2.45, 2.75) is 51.0 Å². The van der Waals surface area contributed by atoms with Gasteiger partial charge in [0, 0.05) is 5.57 Å². The van der Waals surface area contributed by atoms with E-state index in [0.717, 1.165) is 42.6 Å². The lowest BCUT2D eigenvalue weighted by Gasteiger charge is -2.21. The Labute approximate surface area is 145 Å². The van der Waals surface area contributed by atoms with Gasteiger partial charge in [0.25, 0.3) is 0 Å². The third-order valence-electron chi connectivity index (χ3n) is 4.32. The van der Waals surface area contributed by atoms with E-state index in [1.807, 2.05) is 12.1 Å². The fraction of sp³-hybridized carbons (Fsp3) is 0.474. The Bertz CT molecular complexity index is 626. The van der Waals surface area contributed by atoms with Crippen molar-refractivity contribution in [1.29, 1.82) is 0 Å². The first kappa shape index (κ1) is 17.9. The Kier molecular flexibility index (Phi) is 5.68. The number of alkyl halides is 3. The predicted octanol–water partition coefficient (Wildman–Crippen LogP) is 5.58. The minimum atomic E-state index is -4.69. The van der Waals surface area contributed by atoms with Crippen LogP contribution in [-0.4, -0.2) is 19.3 Å². The standard InChI is InChI=1S/C19H21F3O3/c20-19(21,22)24-13-23-15-11-9-14(10-12-15)17-7-3-4-8-18(17)25-16-5-1-2-6-16/h7-12,16H,1-6,13H2. The van der Waals surface area contributed by atoms with Crippen molar-refractivity contribution >= 4 is 5.57 Å². The van der Waals surface area contributed by atoms with E-state index in [9.17, 15) is 13.2 Å². The van der Waals surface area contributed by atoms with Crippen molar-refractivity contribution in [3.05, 3.63) is 47.7 Å². The van der Waals surface area contributed by atoms with Gasteiger partial charge >= 0.3 is 6.36 Å². The number of rotatable bonds is 6. The molecule has 0 radical (unpaired) electrons. The highest BCUT2D eigenvalue weighted by Gasteiger charge is 2.29. The van der Waals surface area contributed by atoms with Gasteiger partial charge in [-0.15, -0.1) is 13.2 Å². The van der Waals surface area contributed by atoms with Gasteiger partial charge in [0.2, 0.25) is 0 Å². The summed E-state index contributed by atoms with van der Waals surface area (Å²) in [6, 6.07) is 6.92. The van der Waals surface area contributed by atoms with E-state index < -0.39 is 13.2 Å². The average Bonchev–Trinajstić information content (AvgIpc) is 3.08. The summed E-state index contributed by atoms with van der Waals surface area (Å²) in [5.74, 6) is 1.24. The van der Waals surface area contributed by atoms with Gasteiger partial charge in [-0.3, -0.25) is 4.74 Å². The van der Waals surface area contributed by atoms with Crippen LogP contribution < -0.4 is 4.74 Å². The highest BCUT2D eigenvalue weighted by molar-refractivity contribution is 5.78. The molecule has 0 spiro atoms. The van der Waals surface area contributed by atoms with Crippen molar-refractivity contribution in [3.63, 3.8) is 0 Å². The maximum atomic E-state index is 11.9. The molecule has 1 aromatic carbocycles. The van der Waals surface area contributed by atoms with Gasteiger partial charge in [-0.25, -0.2) is 0 Å². The summed E-state index contributed by atoms with van der Waals surface area (Å²) in [6.07, 6.45) is 6.38. The van der Waals surface area contributed by atoms with Crippen LogP contribution in [0.15, 0.2) is 42.2 Å². The first-order valence-electron chi connectivity index (χ1n) is 8.52. The molecule has 25 heavy (non-hydrogen) atoms. The van der Waals surface area contributed by atoms with Gasteiger partial charge in [-0.1, -0.05) is 18.2 Å². The van der Waals surface area contributed by atoms with Gasteiger partial charge in [0.15, 0.2) is 6.79 Å². The molecule has 2 aliphatic carbocycles. The summed E-state index contributed by atoms with van der Waals surface area (Å²) in [7, 11) is 0. The zero-order chi connectivity index (χ0) is 17.7. The van der Waals surface area contributed by atoms with Crippen LogP contribution in [-0.2, 0) is 9.47 Å². The van der Waals surface area contributed by atoms with Crippen molar-refractivity contribution in [1.82, 2.24) is 0 Å². The molecule has 0 heterocycles. The molecule has 0 bridgehead atoms. The van der Waals surface area contributed by atoms with Gasteiger partial charge < -0.3 is 9.47 Å². The molecule has 0 aromatic heterocycles. The summed E-state index contributed by atoms with van der Waals surface area (Å²) in [5, 5.41) is 0. The molecule has 0 amide bonds. The highest BCUT2D eigenvalue weighted by atomic mass is 19.4. The second-order valence-corrected chi connectivity index (χ2v) is 6.16. The smallest absolute Gasteiger partial charge is 0.490 e. The molecule has 6 heteroatoms. The first-order valence-corrected chi connectivity index (χ1v) is 8.52. The van der Waals surface area contributed by atoms with Crippen LogP contribution in [0.3, 0.4) is 0 Å². The van der Waals surface area contributed by atoms with E-state index in [1.165, 1.54) is 12.8 Å². The fourth-order valence-electron chi connectivity index (χ4n) is 3.11. The molecule has 0 saturated heterocycles. The van der Waals surface area contributed by atoms with Gasteiger partial charge in [0.1, 0.15) is 11.5 Å². The lowest BCUT2D eigenvalue weighted by atomic mass is 9.97. The van der Waals surface area contributed by atoms with Crippen LogP contribution in [0.5, 0.6) is 5.75 Å². The molecule has 1 aromatic rings. The van der Waals surface area contributed by atoms with E-state index >= 15 is 0 Å². The zero-order valence-corrected chi connectivity index (χ0v) is 13.8. The molecule has 1 fully saturated rings. The summed E-state index contributed by atoms with van der Waals surface area (Å²) in [6.45, 7) is -0.860. The van der Waals surface area contributed by atoms with E-state index in [-0.39, 0.29) is 6.10 Å². The summed E-state index contributed by atoms with van der Waals surface area (Å²) in [4.78, 5) is 0. The molecular weight excluding hydrogens is 333 g/mol. The molecule has 1 saturated carbocycles. The fourth-order valence-corrected chi connectivity index (χ4v) is 3.11. The van der Waals surface area contributed by atoms with Crippen LogP contribution >= 0.6 is 0 Å². The van der Waals surface area contributed by atoms with Crippen LogP contribution in [0.1, 0.15) is 44.1 Å². The lowest BCUT2D eigenvalue weighted by Crippen LogP contribution is -2.17. The van der Waals surface area contributed by atoms with Gasteiger partial charge in [0.05, 0.1) is 6.10 Å². The topological polar surface area (TPSA) is 27.7 Å². The minimum absolute atomic E-state index is 0.287. The minimum Gasteiger partial charge on any atom is -0.490 e. The largest absolute Gasteiger partial charge is 0.525 e.